The number of hydrogen-bond donors (Lipinski definition) is 0. The van der Waals surface area contributed by atoms with Crippen LogP contribution >= 0.6 is 0 Å². The average molecular weight is 232 g/mol. The lowest BCUT2D eigenvalue weighted by Crippen LogP contribution is -1.94. The number of benzene rings is 1. The van der Waals surface area contributed by atoms with E-state index in [1.807, 2.05) is 24.3 Å². The van der Waals surface area contributed by atoms with E-state index in [-0.39, 0.29) is 0 Å². The van der Waals surface area contributed by atoms with Crippen LogP contribution in [0.2, 0.25) is 0 Å². The molecule has 18 heavy (non-hydrogen) atoms. The van der Waals surface area contributed by atoms with Crippen molar-refractivity contribution in [2.75, 3.05) is 0 Å². The standard InChI is InChI=1S/C14H8N4/c15-9-11-8-10-4-1-2-5-12(10)13(18-11)14-16-6-3-7-17-14/h1-8H. The zero-order valence-corrected chi connectivity index (χ0v) is 9.41. The Kier molecular flexibility index (Phi) is 2.43. The molecule has 0 N–H and O–H groups in total. The van der Waals surface area contributed by atoms with E-state index in [9.17, 15) is 0 Å². The molecule has 0 unspecified atom stereocenters. The average Bonchev–Trinajstić information content (AvgIpc) is 2.47. The highest BCUT2D eigenvalue weighted by Gasteiger charge is 2.09. The molecule has 2 aromatic heterocycles. The summed E-state index contributed by atoms with van der Waals surface area (Å²) in [7, 11) is 0. The smallest absolute Gasteiger partial charge is 0.178 e. The molecule has 0 aliphatic heterocycles. The predicted octanol–water partition coefficient (Wildman–Crippen LogP) is 2.56. The molecule has 0 bridgehead atoms. The third-order valence-electron chi connectivity index (χ3n) is 2.63. The summed E-state index contributed by atoms with van der Waals surface area (Å²) in [4.78, 5) is 12.7. The van der Waals surface area contributed by atoms with Gasteiger partial charge in [-0.1, -0.05) is 24.3 Å². The number of aromatic nitrogens is 3. The molecule has 3 aromatic rings. The molecule has 0 fully saturated rings. The fraction of sp³-hybridized carbons (Fsp3) is 0. The van der Waals surface area contributed by atoms with E-state index in [4.69, 9.17) is 5.26 Å². The Morgan fingerprint density at radius 1 is 1.00 bits per heavy atom. The monoisotopic (exact) mass is 232 g/mol. The lowest BCUT2D eigenvalue weighted by atomic mass is 10.1. The molecule has 0 atom stereocenters. The minimum absolute atomic E-state index is 0.371. The molecule has 4 nitrogen and oxygen atoms in total. The fourth-order valence-electron chi connectivity index (χ4n) is 1.85. The Morgan fingerprint density at radius 2 is 1.78 bits per heavy atom. The summed E-state index contributed by atoms with van der Waals surface area (Å²) in [6.07, 6.45) is 3.33. The van der Waals surface area contributed by atoms with Crippen molar-refractivity contribution in [1.29, 1.82) is 5.26 Å². The summed E-state index contributed by atoms with van der Waals surface area (Å²) in [5.41, 5.74) is 1.02. The van der Waals surface area contributed by atoms with Gasteiger partial charge in [0.05, 0.1) is 0 Å². The van der Waals surface area contributed by atoms with Crippen LogP contribution in [0.4, 0.5) is 0 Å². The lowest BCUT2D eigenvalue weighted by Gasteiger charge is -2.04. The minimum Gasteiger partial charge on any atom is -0.235 e. The molecule has 1 aromatic carbocycles. The van der Waals surface area contributed by atoms with Gasteiger partial charge in [-0.2, -0.15) is 5.26 Å². The zero-order valence-electron chi connectivity index (χ0n) is 9.41. The van der Waals surface area contributed by atoms with E-state index in [1.165, 1.54) is 0 Å². The molecule has 84 valence electrons. The van der Waals surface area contributed by atoms with Gasteiger partial charge in [-0.15, -0.1) is 0 Å². The fourth-order valence-corrected chi connectivity index (χ4v) is 1.85. The van der Waals surface area contributed by atoms with Gasteiger partial charge in [0.15, 0.2) is 5.82 Å². The van der Waals surface area contributed by atoms with Crippen molar-refractivity contribution in [3.8, 4) is 17.6 Å². The Hall–Kier alpha value is -2.80. The molecule has 2 heterocycles. The molecule has 0 amide bonds. The van der Waals surface area contributed by atoms with Crippen molar-refractivity contribution in [2.24, 2.45) is 0 Å². The molecule has 0 radical (unpaired) electrons. The normalized spacial score (nSPS) is 10.2. The zero-order chi connectivity index (χ0) is 12.4. The Morgan fingerprint density at radius 3 is 2.56 bits per heavy atom. The van der Waals surface area contributed by atoms with Crippen molar-refractivity contribution < 1.29 is 0 Å². The summed E-state index contributed by atoms with van der Waals surface area (Å²) in [6.45, 7) is 0. The highest BCUT2D eigenvalue weighted by Crippen LogP contribution is 2.24. The number of fused-ring (bicyclic) bond motifs is 1. The van der Waals surface area contributed by atoms with Gasteiger partial charge in [-0.25, -0.2) is 15.0 Å². The third-order valence-corrected chi connectivity index (χ3v) is 2.63. The number of nitriles is 1. The minimum atomic E-state index is 0.371. The SMILES string of the molecule is N#Cc1cc2ccccc2c(-c2ncccn2)n1. The maximum absolute atomic E-state index is 9.02. The van der Waals surface area contributed by atoms with Gasteiger partial charge in [-0.3, -0.25) is 0 Å². The van der Waals surface area contributed by atoms with Gasteiger partial charge in [0.25, 0.3) is 0 Å². The topological polar surface area (TPSA) is 62.5 Å². The van der Waals surface area contributed by atoms with Crippen LogP contribution in [0.3, 0.4) is 0 Å². The van der Waals surface area contributed by atoms with Gasteiger partial charge in [-0.05, 0) is 17.5 Å². The van der Waals surface area contributed by atoms with Crippen molar-refractivity contribution in [1.82, 2.24) is 15.0 Å². The Balaban J connectivity index is 2.38. The van der Waals surface area contributed by atoms with Crippen molar-refractivity contribution in [3.63, 3.8) is 0 Å². The largest absolute Gasteiger partial charge is 0.235 e. The van der Waals surface area contributed by atoms with E-state index in [2.05, 4.69) is 21.0 Å². The summed E-state index contributed by atoms with van der Waals surface area (Å²) >= 11 is 0. The molecule has 3 rings (SSSR count). The van der Waals surface area contributed by atoms with Crippen LogP contribution in [0.1, 0.15) is 5.69 Å². The first kappa shape index (κ1) is 10.4. The lowest BCUT2D eigenvalue weighted by molar-refractivity contribution is 1.14. The number of rotatable bonds is 1. The molecule has 0 aliphatic rings. The third kappa shape index (κ3) is 1.68. The van der Waals surface area contributed by atoms with Crippen molar-refractivity contribution >= 4 is 10.8 Å². The number of nitrogens with zero attached hydrogens (tertiary/aromatic N) is 4. The van der Waals surface area contributed by atoms with E-state index in [1.54, 1.807) is 24.5 Å². The van der Waals surface area contributed by atoms with Gasteiger partial charge in [0, 0.05) is 17.8 Å². The van der Waals surface area contributed by atoms with Crippen LogP contribution in [-0.2, 0) is 0 Å². The molecule has 4 heteroatoms. The van der Waals surface area contributed by atoms with Crippen molar-refractivity contribution in [2.45, 2.75) is 0 Å². The van der Waals surface area contributed by atoms with Crippen LogP contribution in [0.25, 0.3) is 22.3 Å². The van der Waals surface area contributed by atoms with Crippen LogP contribution in [0.5, 0.6) is 0 Å². The highest BCUT2D eigenvalue weighted by atomic mass is 14.9. The molecular weight excluding hydrogens is 224 g/mol. The molecular formula is C14H8N4. The Labute approximate surface area is 104 Å². The van der Waals surface area contributed by atoms with Crippen LogP contribution < -0.4 is 0 Å². The van der Waals surface area contributed by atoms with Gasteiger partial charge >= 0.3 is 0 Å². The highest BCUT2D eigenvalue weighted by molar-refractivity contribution is 5.93. The first-order chi connectivity index (χ1) is 8.88. The second-order valence-corrected chi connectivity index (χ2v) is 3.76. The molecule has 0 saturated carbocycles. The number of pyridine rings is 1. The van der Waals surface area contributed by atoms with Gasteiger partial charge in [0.1, 0.15) is 17.5 Å². The second-order valence-electron chi connectivity index (χ2n) is 3.76. The maximum Gasteiger partial charge on any atom is 0.178 e. The van der Waals surface area contributed by atoms with Crippen molar-refractivity contribution in [3.05, 3.63) is 54.5 Å². The maximum atomic E-state index is 9.02. The van der Waals surface area contributed by atoms with E-state index < -0.39 is 0 Å². The quantitative estimate of drug-likeness (QED) is 0.646. The van der Waals surface area contributed by atoms with Crippen LogP contribution in [-0.4, -0.2) is 15.0 Å². The predicted molar refractivity (Wildman–Crippen MR) is 67.5 cm³/mol. The molecule has 0 aliphatic carbocycles. The summed E-state index contributed by atoms with van der Waals surface area (Å²) in [6, 6.07) is 13.3. The van der Waals surface area contributed by atoms with Gasteiger partial charge < -0.3 is 0 Å². The number of hydrogen-bond acceptors (Lipinski definition) is 4. The summed E-state index contributed by atoms with van der Waals surface area (Å²) < 4.78 is 0. The second kappa shape index (κ2) is 4.22. The molecule has 0 spiro atoms. The first-order valence-corrected chi connectivity index (χ1v) is 5.46. The summed E-state index contributed by atoms with van der Waals surface area (Å²) in [5.74, 6) is 0.533. The summed E-state index contributed by atoms with van der Waals surface area (Å²) in [5, 5.41) is 10.9. The van der Waals surface area contributed by atoms with Crippen LogP contribution in [0.15, 0.2) is 48.8 Å². The first-order valence-electron chi connectivity index (χ1n) is 5.46. The Bertz CT molecular complexity index is 745. The van der Waals surface area contributed by atoms with E-state index in [0.29, 0.717) is 17.2 Å². The van der Waals surface area contributed by atoms with E-state index in [0.717, 1.165) is 10.8 Å². The molecule has 0 saturated heterocycles. The van der Waals surface area contributed by atoms with Gasteiger partial charge in [0.2, 0.25) is 0 Å². The van der Waals surface area contributed by atoms with E-state index >= 15 is 0 Å². The van der Waals surface area contributed by atoms with Crippen LogP contribution in [0, 0.1) is 11.3 Å².